The van der Waals surface area contributed by atoms with E-state index in [-0.39, 0.29) is 6.61 Å². The summed E-state index contributed by atoms with van der Waals surface area (Å²) >= 11 is 0. The van der Waals surface area contributed by atoms with E-state index in [1.165, 1.54) is 11.9 Å². The largest absolute Gasteiger partial charge is 0.396 e. The minimum atomic E-state index is -3.23. The van der Waals surface area contributed by atoms with Crippen LogP contribution in [0, 0.1) is 6.92 Å². The van der Waals surface area contributed by atoms with E-state index in [4.69, 9.17) is 10.1 Å². The second kappa shape index (κ2) is 10.3. The zero-order valence-corrected chi connectivity index (χ0v) is 22.5. The van der Waals surface area contributed by atoms with Gasteiger partial charge in [0.2, 0.25) is 0 Å². The summed E-state index contributed by atoms with van der Waals surface area (Å²) in [4.78, 5) is 10.1. The maximum atomic E-state index is 11.8. The Bertz CT molecular complexity index is 1500. The van der Waals surface area contributed by atoms with Gasteiger partial charge in [-0.15, -0.1) is 0 Å². The van der Waals surface area contributed by atoms with Gasteiger partial charge in [-0.05, 0) is 55.3 Å². The first kappa shape index (κ1) is 25.4. The summed E-state index contributed by atoms with van der Waals surface area (Å²) in [6, 6.07) is 20.0. The maximum absolute atomic E-state index is 11.8. The molecule has 4 aromatic rings. The lowest BCUT2D eigenvalue weighted by Gasteiger charge is -2.36. The maximum Gasteiger partial charge on any atom is 0.175 e. The van der Waals surface area contributed by atoms with Crippen LogP contribution in [0.5, 0.6) is 0 Å². The van der Waals surface area contributed by atoms with E-state index in [1.807, 2.05) is 26.1 Å². The average molecular weight is 519 g/mol. The number of fused-ring (bicyclic) bond motifs is 1. The molecule has 1 N–H and O–H groups in total. The van der Waals surface area contributed by atoms with Crippen molar-refractivity contribution in [3.63, 3.8) is 0 Å². The Morgan fingerprint density at radius 2 is 1.57 bits per heavy atom. The smallest absolute Gasteiger partial charge is 0.175 e. The number of sulfone groups is 1. The van der Waals surface area contributed by atoms with E-state index in [2.05, 4.69) is 50.8 Å². The quantitative estimate of drug-likeness (QED) is 0.397. The van der Waals surface area contributed by atoms with Gasteiger partial charge in [-0.25, -0.2) is 8.42 Å². The number of benzene rings is 2. The summed E-state index contributed by atoms with van der Waals surface area (Å²) in [6.45, 7) is 7.27. The number of piperazine rings is 1. The number of aliphatic hydroxyl groups excluding tert-OH is 1. The normalized spacial score (nSPS) is 15.0. The Balaban J connectivity index is 1.38. The summed E-state index contributed by atoms with van der Waals surface area (Å²) in [5, 5.41) is 10.1. The van der Waals surface area contributed by atoms with Gasteiger partial charge in [-0.3, -0.25) is 9.88 Å². The zero-order valence-electron chi connectivity index (χ0n) is 21.7. The van der Waals surface area contributed by atoms with Crippen LogP contribution in [0.15, 0.2) is 65.6 Å². The minimum absolute atomic E-state index is 0.253. The Hall–Kier alpha value is -3.20. The lowest BCUT2D eigenvalue weighted by Crippen LogP contribution is -2.46. The van der Waals surface area contributed by atoms with Gasteiger partial charge >= 0.3 is 0 Å². The van der Waals surface area contributed by atoms with Gasteiger partial charge in [0.25, 0.3) is 0 Å². The number of nitrogens with zero attached hydrogens (tertiary/aromatic N) is 4. The van der Waals surface area contributed by atoms with Crippen molar-refractivity contribution >= 4 is 26.4 Å². The van der Waals surface area contributed by atoms with Crippen LogP contribution in [0.4, 0.5) is 5.69 Å². The van der Waals surface area contributed by atoms with Crippen molar-refractivity contribution in [2.24, 2.45) is 7.05 Å². The number of rotatable bonds is 7. The summed E-state index contributed by atoms with van der Waals surface area (Å²) in [7, 11) is -1.19. The average Bonchev–Trinajstić information content (AvgIpc) is 3.24. The van der Waals surface area contributed by atoms with Crippen LogP contribution < -0.4 is 4.90 Å². The number of aliphatic hydroxyl groups is 1. The van der Waals surface area contributed by atoms with Gasteiger partial charge in [0.1, 0.15) is 0 Å². The highest BCUT2D eigenvalue weighted by Gasteiger charge is 2.18. The van der Waals surface area contributed by atoms with Gasteiger partial charge in [-0.2, -0.15) is 0 Å². The first-order chi connectivity index (χ1) is 17.7. The molecule has 0 spiro atoms. The SMILES string of the molecule is Cc1nc(-c2ccc(N3CCN(CCCO)CC3)cc2)cc2c1cc(-c1ccc(S(C)(=O)=O)cc1)n2C. The topological polar surface area (TPSA) is 78.7 Å². The zero-order chi connectivity index (χ0) is 26.2. The first-order valence-corrected chi connectivity index (χ1v) is 14.6. The molecule has 0 saturated carbocycles. The van der Waals surface area contributed by atoms with Crippen LogP contribution >= 0.6 is 0 Å². The van der Waals surface area contributed by atoms with Crippen LogP contribution in [0.3, 0.4) is 0 Å². The molecule has 1 saturated heterocycles. The third kappa shape index (κ3) is 5.28. The summed E-state index contributed by atoms with van der Waals surface area (Å²) in [5.74, 6) is 0. The Kier molecular flexibility index (Phi) is 7.07. The fourth-order valence-corrected chi connectivity index (χ4v) is 5.78. The van der Waals surface area contributed by atoms with E-state index in [1.54, 1.807) is 12.1 Å². The highest BCUT2D eigenvalue weighted by molar-refractivity contribution is 7.90. The second-order valence-corrected chi connectivity index (χ2v) is 11.9. The molecule has 0 unspecified atom stereocenters. The van der Waals surface area contributed by atoms with Crippen molar-refractivity contribution < 1.29 is 13.5 Å². The molecular formula is C29H34N4O3S. The van der Waals surface area contributed by atoms with Crippen LogP contribution in [0.2, 0.25) is 0 Å². The predicted octanol–water partition coefficient (Wildman–Crippen LogP) is 4.12. The fraction of sp³-hybridized carbons (Fsp3) is 0.345. The highest BCUT2D eigenvalue weighted by Crippen LogP contribution is 2.32. The molecule has 0 atom stereocenters. The third-order valence-corrected chi connectivity index (χ3v) is 8.47. The highest BCUT2D eigenvalue weighted by atomic mass is 32.2. The molecule has 0 radical (unpaired) electrons. The number of hydrogen-bond donors (Lipinski definition) is 1. The van der Waals surface area contributed by atoms with E-state index in [0.29, 0.717) is 4.90 Å². The fourth-order valence-electron chi connectivity index (χ4n) is 5.15. The van der Waals surface area contributed by atoms with Crippen molar-refractivity contribution in [1.29, 1.82) is 0 Å². The molecule has 0 aliphatic carbocycles. The molecule has 1 aliphatic rings. The number of aromatic nitrogens is 2. The monoisotopic (exact) mass is 518 g/mol. The van der Waals surface area contributed by atoms with Gasteiger partial charge < -0.3 is 14.6 Å². The Morgan fingerprint density at radius 3 is 2.19 bits per heavy atom. The molecule has 1 aliphatic heterocycles. The van der Waals surface area contributed by atoms with Crippen LogP contribution in [0.25, 0.3) is 33.4 Å². The molecule has 7 nitrogen and oxygen atoms in total. The lowest BCUT2D eigenvalue weighted by molar-refractivity contribution is 0.216. The molecule has 0 amide bonds. The number of pyridine rings is 1. The van der Waals surface area contributed by atoms with Crippen molar-refractivity contribution in [2.45, 2.75) is 18.2 Å². The lowest BCUT2D eigenvalue weighted by atomic mass is 10.1. The van der Waals surface area contributed by atoms with E-state index in [0.717, 1.165) is 78.3 Å². The number of anilines is 1. The molecule has 194 valence electrons. The van der Waals surface area contributed by atoms with Crippen molar-refractivity contribution in [2.75, 3.05) is 50.5 Å². The molecule has 2 aromatic heterocycles. The van der Waals surface area contributed by atoms with Crippen LogP contribution in [-0.4, -0.2) is 73.6 Å². The van der Waals surface area contributed by atoms with E-state index in [9.17, 15) is 8.42 Å². The molecule has 0 bridgehead atoms. The van der Waals surface area contributed by atoms with Gasteiger partial charge in [0.15, 0.2) is 9.84 Å². The minimum Gasteiger partial charge on any atom is -0.396 e. The molecular weight excluding hydrogens is 484 g/mol. The van der Waals surface area contributed by atoms with E-state index < -0.39 is 9.84 Å². The summed E-state index contributed by atoms with van der Waals surface area (Å²) in [5.41, 5.74) is 7.28. The number of hydrogen-bond acceptors (Lipinski definition) is 6. The molecule has 5 rings (SSSR count). The first-order valence-electron chi connectivity index (χ1n) is 12.7. The molecule has 37 heavy (non-hydrogen) atoms. The van der Waals surface area contributed by atoms with Crippen LogP contribution in [-0.2, 0) is 16.9 Å². The van der Waals surface area contributed by atoms with Crippen molar-refractivity contribution in [3.05, 3.63) is 66.4 Å². The third-order valence-electron chi connectivity index (χ3n) is 7.34. The van der Waals surface area contributed by atoms with Gasteiger partial charge in [-0.1, -0.05) is 24.3 Å². The standard InChI is InChI=1S/C29H34N4O3S/c1-21-26-19-28(23-7-11-25(12-8-23)37(3,35)36)31(2)29(26)20-27(30-21)22-5-9-24(10-6-22)33-16-14-32(15-17-33)13-4-18-34/h5-12,19-20,34H,4,13-18H2,1-3H3. The molecule has 1 fully saturated rings. The van der Waals surface area contributed by atoms with Crippen LogP contribution in [0.1, 0.15) is 12.1 Å². The molecule has 2 aromatic carbocycles. The van der Waals surface area contributed by atoms with E-state index >= 15 is 0 Å². The van der Waals surface area contributed by atoms with Gasteiger partial charge in [0.05, 0.1) is 16.1 Å². The Morgan fingerprint density at radius 1 is 0.919 bits per heavy atom. The molecule has 3 heterocycles. The van der Waals surface area contributed by atoms with Crippen molar-refractivity contribution in [3.8, 4) is 22.5 Å². The number of aryl methyl sites for hydroxylation is 2. The summed E-state index contributed by atoms with van der Waals surface area (Å²) in [6.07, 6.45) is 2.06. The predicted molar refractivity (Wildman–Crippen MR) is 150 cm³/mol. The molecule has 8 heteroatoms. The Labute approximate surface area is 218 Å². The second-order valence-electron chi connectivity index (χ2n) is 9.86. The summed E-state index contributed by atoms with van der Waals surface area (Å²) < 4.78 is 25.8. The van der Waals surface area contributed by atoms with Crippen molar-refractivity contribution in [1.82, 2.24) is 14.5 Å². The van der Waals surface area contributed by atoms with Gasteiger partial charge in [0, 0.05) is 80.7 Å².